The quantitative estimate of drug-likeness (QED) is 0.345. The van der Waals surface area contributed by atoms with Gasteiger partial charge < -0.3 is 10.6 Å². The zero-order valence-corrected chi connectivity index (χ0v) is 16.1. The molecule has 0 atom stereocenters. The number of nitrogens with one attached hydrogen (secondary N) is 2. The molecule has 0 bridgehead atoms. The average Bonchev–Trinajstić information content (AvgIpc) is 2.74. The van der Waals surface area contributed by atoms with Gasteiger partial charge in [0, 0.05) is 21.7 Å². The van der Waals surface area contributed by atoms with E-state index in [1.807, 2.05) is 30.3 Å². The fourth-order valence-electron chi connectivity index (χ4n) is 3.36. The van der Waals surface area contributed by atoms with Crippen molar-refractivity contribution >= 4 is 47.2 Å². The minimum Gasteiger partial charge on any atom is -0.355 e. The molecule has 1 amide bonds. The predicted molar refractivity (Wildman–Crippen MR) is 116 cm³/mol. The second-order valence-corrected chi connectivity index (χ2v) is 6.94. The number of anilines is 3. The van der Waals surface area contributed by atoms with Gasteiger partial charge >= 0.3 is 0 Å². The molecular formula is C23H16N2O3S. The number of rotatable bonds is 4. The van der Waals surface area contributed by atoms with Crippen LogP contribution < -0.4 is 10.6 Å². The first-order chi connectivity index (χ1) is 14.0. The van der Waals surface area contributed by atoms with Crippen LogP contribution in [-0.4, -0.2) is 17.5 Å². The van der Waals surface area contributed by atoms with Crippen molar-refractivity contribution in [2.24, 2.45) is 0 Å². The van der Waals surface area contributed by atoms with Gasteiger partial charge in [0.1, 0.15) is 0 Å². The minimum atomic E-state index is -0.495. The van der Waals surface area contributed by atoms with Crippen molar-refractivity contribution in [3.05, 3.63) is 95.6 Å². The maximum Gasteiger partial charge on any atom is 0.247 e. The Balaban J connectivity index is 1.97. The van der Waals surface area contributed by atoms with E-state index in [9.17, 15) is 14.4 Å². The molecule has 0 saturated carbocycles. The molecule has 0 saturated heterocycles. The largest absolute Gasteiger partial charge is 0.355 e. The molecule has 142 valence electrons. The molecule has 6 heteroatoms. The predicted octanol–water partition coefficient (Wildman–Crippen LogP) is 4.62. The number of para-hydroxylation sites is 1. The van der Waals surface area contributed by atoms with Crippen LogP contribution >= 0.6 is 12.6 Å². The Kier molecular flexibility index (Phi) is 4.78. The van der Waals surface area contributed by atoms with E-state index in [-0.39, 0.29) is 28.4 Å². The molecule has 0 aromatic heterocycles. The summed E-state index contributed by atoms with van der Waals surface area (Å²) >= 11 is 4.47. The van der Waals surface area contributed by atoms with Crippen LogP contribution in [0, 0.1) is 0 Å². The molecule has 0 spiro atoms. The third-order valence-electron chi connectivity index (χ3n) is 4.66. The fraction of sp³-hybridized carbons (Fsp3) is 0. The van der Waals surface area contributed by atoms with Crippen molar-refractivity contribution in [1.29, 1.82) is 0 Å². The fourth-order valence-corrected chi connectivity index (χ4v) is 3.65. The van der Waals surface area contributed by atoms with Crippen molar-refractivity contribution < 1.29 is 14.4 Å². The van der Waals surface area contributed by atoms with Crippen LogP contribution in [0.5, 0.6) is 0 Å². The summed E-state index contributed by atoms with van der Waals surface area (Å²) in [6.45, 7) is 3.44. The van der Waals surface area contributed by atoms with Gasteiger partial charge in [0.2, 0.25) is 5.91 Å². The highest BCUT2D eigenvalue weighted by atomic mass is 32.1. The minimum absolute atomic E-state index is 0.120. The first-order valence-electron chi connectivity index (χ1n) is 8.85. The van der Waals surface area contributed by atoms with E-state index >= 15 is 0 Å². The lowest BCUT2D eigenvalue weighted by Crippen LogP contribution is -2.25. The Bertz CT molecular complexity index is 1190. The molecule has 1 aliphatic rings. The molecule has 0 heterocycles. The monoisotopic (exact) mass is 400 g/mol. The van der Waals surface area contributed by atoms with Crippen LogP contribution in [0.1, 0.15) is 31.8 Å². The van der Waals surface area contributed by atoms with Crippen LogP contribution in [0.15, 0.2) is 78.2 Å². The summed E-state index contributed by atoms with van der Waals surface area (Å²) in [5, 5.41) is 5.82. The van der Waals surface area contributed by atoms with E-state index < -0.39 is 5.91 Å². The zero-order chi connectivity index (χ0) is 20.5. The van der Waals surface area contributed by atoms with Crippen LogP contribution in [0.25, 0.3) is 0 Å². The van der Waals surface area contributed by atoms with Crippen LogP contribution in [0.2, 0.25) is 0 Å². The highest BCUT2D eigenvalue weighted by Gasteiger charge is 2.35. The van der Waals surface area contributed by atoms with Gasteiger partial charge in [-0.2, -0.15) is 0 Å². The molecular weight excluding hydrogens is 384 g/mol. The van der Waals surface area contributed by atoms with Gasteiger partial charge in [-0.1, -0.05) is 49.0 Å². The van der Waals surface area contributed by atoms with E-state index in [0.717, 1.165) is 11.8 Å². The maximum absolute atomic E-state index is 13.3. The number of hydrogen-bond acceptors (Lipinski definition) is 5. The third kappa shape index (κ3) is 3.23. The standard InChI is InChI=1S/C23H16N2O3S/c1-2-18(26)25-21-17(29)12-16(24-13-8-4-3-5-9-13)19-20(21)23(28)15-11-7-6-10-14(15)22(19)27/h2-12,24,29H,1H2,(H,25,26). The summed E-state index contributed by atoms with van der Waals surface area (Å²) in [4.78, 5) is 39.0. The Hall–Kier alpha value is -3.64. The molecule has 0 fully saturated rings. The van der Waals surface area contributed by atoms with E-state index in [2.05, 4.69) is 29.8 Å². The SMILES string of the molecule is C=CC(=O)Nc1c(S)cc(Nc2ccccc2)c2c1C(=O)c1ccccc1C2=O. The normalized spacial score (nSPS) is 12.0. The number of hydrogen-bond donors (Lipinski definition) is 3. The second kappa shape index (κ2) is 7.41. The van der Waals surface area contributed by atoms with Gasteiger partial charge in [0.15, 0.2) is 11.6 Å². The Morgan fingerprint density at radius 1 is 0.897 bits per heavy atom. The van der Waals surface area contributed by atoms with Crippen LogP contribution in [0.4, 0.5) is 17.1 Å². The first-order valence-corrected chi connectivity index (χ1v) is 9.30. The highest BCUT2D eigenvalue weighted by Crippen LogP contribution is 2.41. The number of thiol groups is 1. The molecule has 0 radical (unpaired) electrons. The van der Waals surface area contributed by atoms with Gasteiger partial charge in [0.05, 0.1) is 22.5 Å². The van der Waals surface area contributed by atoms with Crippen molar-refractivity contribution in [1.82, 2.24) is 0 Å². The molecule has 0 unspecified atom stereocenters. The zero-order valence-electron chi connectivity index (χ0n) is 15.2. The average molecular weight is 400 g/mol. The molecule has 5 nitrogen and oxygen atoms in total. The molecule has 1 aliphatic carbocycles. The van der Waals surface area contributed by atoms with Crippen molar-refractivity contribution in [3.8, 4) is 0 Å². The van der Waals surface area contributed by atoms with Gasteiger partial charge in [0.25, 0.3) is 0 Å². The Morgan fingerprint density at radius 3 is 2.10 bits per heavy atom. The molecule has 3 aromatic rings. The molecule has 0 aliphatic heterocycles. The number of carbonyl (C=O) groups excluding carboxylic acids is 3. The Labute approximate surface area is 172 Å². The van der Waals surface area contributed by atoms with Crippen molar-refractivity contribution in [3.63, 3.8) is 0 Å². The second-order valence-electron chi connectivity index (χ2n) is 6.46. The van der Waals surface area contributed by atoms with E-state index in [1.54, 1.807) is 30.3 Å². The molecule has 2 N–H and O–H groups in total. The van der Waals surface area contributed by atoms with Gasteiger partial charge in [-0.05, 0) is 24.3 Å². The van der Waals surface area contributed by atoms with E-state index in [4.69, 9.17) is 0 Å². The molecule has 3 aromatic carbocycles. The third-order valence-corrected chi connectivity index (χ3v) is 5.02. The van der Waals surface area contributed by atoms with Gasteiger partial charge in [-0.15, -0.1) is 12.6 Å². The maximum atomic E-state index is 13.3. The van der Waals surface area contributed by atoms with Crippen molar-refractivity contribution in [2.75, 3.05) is 10.6 Å². The molecule has 4 rings (SSSR count). The lowest BCUT2D eigenvalue weighted by molar-refractivity contribution is -0.111. The summed E-state index contributed by atoms with van der Waals surface area (Å²) in [5.41, 5.74) is 2.34. The first kappa shape index (κ1) is 18.7. The lowest BCUT2D eigenvalue weighted by atomic mass is 9.82. The summed E-state index contributed by atoms with van der Waals surface area (Å²) in [6.07, 6.45) is 1.10. The van der Waals surface area contributed by atoms with Crippen LogP contribution in [-0.2, 0) is 4.79 Å². The Morgan fingerprint density at radius 2 is 1.48 bits per heavy atom. The number of amides is 1. The lowest BCUT2D eigenvalue weighted by Gasteiger charge is -2.24. The van der Waals surface area contributed by atoms with Gasteiger partial charge in [-0.3, -0.25) is 14.4 Å². The smallest absolute Gasteiger partial charge is 0.247 e. The summed E-state index contributed by atoms with van der Waals surface area (Å²) in [5.74, 6) is -1.14. The number of ketones is 2. The number of fused-ring (bicyclic) bond motifs is 2. The summed E-state index contributed by atoms with van der Waals surface area (Å²) in [6, 6.07) is 17.6. The number of benzene rings is 3. The van der Waals surface area contributed by atoms with Gasteiger partial charge in [-0.25, -0.2) is 0 Å². The van der Waals surface area contributed by atoms with Crippen molar-refractivity contribution in [2.45, 2.75) is 4.90 Å². The van der Waals surface area contributed by atoms with Crippen LogP contribution in [0.3, 0.4) is 0 Å². The highest BCUT2D eigenvalue weighted by molar-refractivity contribution is 7.80. The van der Waals surface area contributed by atoms with E-state index in [0.29, 0.717) is 21.7 Å². The number of carbonyl (C=O) groups is 3. The summed E-state index contributed by atoms with van der Waals surface area (Å²) < 4.78 is 0. The topological polar surface area (TPSA) is 75.3 Å². The van der Waals surface area contributed by atoms with E-state index in [1.165, 1.54) is 0 Å². The summed E-state index contributed by atoms with van der Waals surface area (Å²) in [7, 11) is 0. The molecule has 29 heavy (non-hydrogen) atoms.